The van der Waals surface area contributed by atoms with Gasteiger partial charge in [-0.15, -0.1) is 0 Å². The van der Waals surface area contributed by atoms with Crippen LogP contribution in [-0.2, 0) is 0 Å². The minimum atomic E-state index is -0.146. The van der Waals surface area contributed by atoms with Crippen LogP contribution < -0.4 is 0 Å². The van der Waals surface area contributed by atoms with Crippen LogP contribution in [0.15, 0.2) is 0 Å². The van der Waals surface area contributed by atoms with Crippen LogP contribution in [0.3, 0.4) is 0 Å². The second kappa shape index (κ2) is 3.94. The van der Waals surface area contributed by atoms with Crippen molar-refractivity contribution in [1.82, 2.24) is 0 Å². The van der Waals surface area contributed by atoms with Gasteiger partial charge in [0.15, 0.2) is 0 Å². The maximum Gasteiger partial charge on any atom is 0.0808 e. The third kappa shape index (κ3) is 4.77. The molecule has 0 radical (unpaired) electrons. The zero-order chi connectivity index (χ0) is 8.20. The van der Waals surface area contributed by atoms with Gasteiger partial charge in [0, 0.05) is 5.92 Å². The molecule has 0 saturated heterocycles. The molecule has 0 unspecified atom stereocenters. The first kappa shape index (κ1) is 9.92. The Labute approximate surface area is 64.0 Å². The molecule has 0 aliphatic carbocycles. The van der Waals surface area contributed by atoms with Crippen LogP contribution in [0.2, 0.25) is 0 Å². The van der Waals surface area contributed by atoms with E-state index < -0.39 is 0 Å². The average Bonchev–Trinajstić information content (AvgIpc) is 1.81. The molecule has 0 heterocycles. The Morgan fingerprint density at radius 2 is 1.60 bits per heavy atom. The van der Waals surface area contributed by atoms with Crippen molar-refractivity contribution in [2.45, 2.75) is 26.7 Å². The summed E-state index contributed by atoms with van der Waals surface area (Å²) in [6.45, 7) is 5.04. The molecule has 0 aliphatic heterocycles. The Morgan fingerprint density at radius 1 is 1.20 bits per heavy atom. The van der Waals surface area contributed by atoms with Crippen molar-refractivity contribution in [2.24, 2.45) is 5.92 Å². The third-order valence-corrected chi connectivity index (χ3v) is 1.85. The Balaban J connectivity index is 3.63. The molecular formula is C8H19NO. The molecule has 0 atom stereocenters. The fraction of sp³-hybridized carbons (Fsp3) is 1.00. The molecule has 0 fully saturated rings. The summed E-state index contributed by atoms with van der Waals surface area (Å²) in [6, 6.07) is 0. The van der Waals surface area contributed by atoms with Crippen LogP contribution in [0.4, 0.5) is 0 Å². The summed E-state index contributed by atoms with van der Waals surface area (Å²) >= 11 is 0. The first-order valence-electron chi connectivity index (χ1n) is 4.03. The number of hydrogen-bond donors (Lipinski definition) is 0. The summed E-state index contributed by atoms with van der Waals surface area (Å²) in [5.74, 6) is 0.604. The van der Waals surface area contributed by atoms with Crippen LogP contribution in [-0.4, -0.2) is 25.3 Å². The van der Waals surface area contributed by atoms with Crippen molar-refractivity contribution < 1.29 is 4.65 Å². The van der Waals surface area contributed by atoms with E-state index in [9.17, 15) is 5.21 Å². The largest absolute Gasteiger partial charge is 0.633 e. The lowest BCUT2D eigenvalue weighted by atomic mass is 10.0. The summed E-state index contributed by atoms with van der Waals surface area (Å²) in [4.78, 5) is 0. The van der Waals surface area contributed by atoms with Crippen molar-refractivity contribution in [2.75, 3.05) is 20.6 Å². The molecule has 0 saturated carbocycles. The van der Waals surface area contributed by atoms with Crippen LogP contribution in [0.1, 0.15) is 26.7 Å². The fourth-order valence-electron chi connectivity index (χ4n) is 1.17. The Hall–Kier alpha value is -0.0800. The van der Waals surface area contributed by atoms with Crippen molar-refractivity contribution in [3.8, 4) is 0 Å². The molecule has 0 aromatic carbocycles. The highest BCUT2D eigenvalue weighted by Crippen LogP contribution is 2.11. The van der Waals surface area contributed by atoms with Gasteiger partial charge in [-0.25, -0.2) is 0 Å². The highest BCUT2D eigenvalue weighted by molar-refractivity contribution is 4.52. The normalized spacial score (nSPS) is 12.6. The number of hydroxylamine groups is 3. The molecule has 0 amide bonds. The predicted octanol–water partition coefficient (Wildman–Crippen LogP) is 2.00. The number of hydrogen-bond acceptors (Lipinski definition) is 1. The third-order valence-electron chi connectivity index (χ3n) is 1.85. The predicted molar refractivity (Wildman–Crippen MR) is 44.4 cm³/mol. The lowest BCUT2D eigenvalue weighted by Crippen LogP contribution is -2.37. The molecule has 0 bridgehead atoms. The minimum Gasteiger partial charge on any atom is -0.633 e. The number of quaternary nitrogens is 1. The van der Waals surface area contributed by atoms with Crippen molar-refractivity contribution in [3.63, 3.8) is 0 Å². The van der Waals surface area contributed by atoms with E-state index in [1.807, 2.05) is 0 Å². The monoisotopic (exact) mass is 145 g/mol. The molecule has 0 rings (SSSR count). The summed E-state index contributed by atoms with van der Waals surface area (Å²) in [7, 11) is 3.41. The van der Waals surface area contributed by atoms with Gasteiger partial charge in [0.25, 0.3) is 0 Å². The van der Waals surface area contributed by atoms with Gasteiger partial charge in [-0.05, 0) is 12.8 Å². The van der Waals surface area contributed by atoms with E-state index in [1.165, 1.54) is 0 Å². The highest BCUT2D eigenvalue weighted by atomic mass is 16.5. The Bertz CT molecular complexity index is 81.7. The molecule has 0 aromatic rings. The van der Waals surface area contributed by atoms with E-state index in [0.717, 1.165) is 19.4 Å². The second-order valence-corrected chi connectivity index (χ2v) is 3.44. The smallest absolute Gasteiger partial charge is 0.0808 e. The lowest BCUT2D eigenvalue weighted by molar-refractivity contribution is -0.843. The molecule has 62 valence electrons. The van der Waals surface area contributed by atoms with Gasteiger partial charge in [0.2, 0.25) is 0 Å². The second-order valence-electron chi connectivity index (χ2n) is 3.44. The fourth-order valence-corrected chi connectivity index (χ4v) is 1.17. The average molecular weight is 145 g/mol. The van der Waals surface area contributed by atoms with Gasteiger partial charge in [0.05, 0.1) is 20.6 Å². The van der Waals surface area contributed by atoms with Crippen molar-refractivity contribution in [3.05, 3.63) is 5.21 Å². The van der Waals surface area contributed by atoms with E-state index in [0.29, 0.717) is 5.92 Å². The zero-order valence-corrected chi connectivity index (χ0v) is 7.55. The van der Waals surface area contributed by atoms with E-state index in [-0.39, 0.29) is 4.65 Å². The quantitative estimate of drug-likeness (QED) is 0.438. The standard InChI is InChI=1S/C8H19NO/c1-5-8(6-2)7-9(3,4)10/h8H,5-7H2,1-4H3. The van der Waals surface area contributed by atoms with E-state index in [1.54, 1.807) is 14.1 Å². The number of nitrogens with zero attached hydrogens (tertiary/aromatic N) is 1. The van der Waals surface area contributed by atoms with Gasteiger partial charge in [-0.1, -0.05) is 13.8 Å². The van der Waals surface area contributed by atoms with E-state index in [4.69, 9.17) is 0 Å². The van der Waals surface area contributed by atoms with E-state index in [2.05, 4.69) is 13.8 Å². The molecule has 0 aromatic heterocycles. The van der Waals surface area contributed by atoms with E-state index >= 15 is 0 Å². The highest BCUT2D eigenvalue weighted by Gasteiger charge is 2.10. The maximum atomic E-state index is 11.2. The summed E-state index contributed by atoms with van der Waals surface area (Å²) in [5.41, 5.74) is 0. The molecular weight excluding hydrogens is 126 g/mol. The van der Waals surface area contributed by atoms with Crippen LogP contribution >= 0.6 is 0 Å². The SMILES string of the molecule is CCC(CC)C[N+](C)(C)[O-]. The minimum absolute atomic E-state index is 0.146. The molecule has 10 heavy (non-hydrogen) atoms. The number of rotatable bonds is 4. The van der Waals surface area contributed by atoms with Crippen LogP contribution in [0.5, 0.6) is 0 Å². The Morgan fingerprint density at radius 3 is 1.70 bits per heavy atom. The molecule has 2 nitrogen and oxygen atoms in total. The van der Waals surface area contributed by atoms with Gasteiger partial charge < -0.3 is 9.85 Å². The zero-order valence-electron chi connectivity index (χ0n) is 7.55. The van der Waals surface area contributed by atoms with Crippen LogP contribution in [0.25, 0.3) is 0 Å². The molecule has 0 spiro atoms. The first-order chi connectivity index (χ1) is 4.49. The van der Waals surface area contributed by atoms with Gasteiger partial charge in [0.1, 0.15) is 0 Å². The van der Waals surface area contributed by atoms with Crippen molar-refractivity contribution in [1.29, 1.82) is 0 Å². The topological polar surface area (TPSA) is 23.1 Å². The van der Waals surface area contributed by atoms with Gasteiger partial charge >= 0.3 is 0 Å². The van der Waals surface area contributed by atoms with Crippen LogP contribution in [0, 0.1) is 11.1 Å². The summed E-state index contributed by atoms with van der Waals surface area (Å²) < 4.78 is -0.146. The molecule has 0 N–H and O–H groups in total. The Kier molecular flexibility index (Phi) is 3.91. The summed E-state index contributed by atoms with van der Waals surface area (Å²) in [5, 5.41) is 11.2. The molecule has 0 aliphatic rings. The summed E-state index contributed by atoms with van der Waals surface area (Å²) in [6.07, 6.45) is 2.25. The first-order valence-corrected chi connectivity index (χ1v) is 4.03. The lowest BCUT2D eigenvalue weighted by Gasteiger charge is -2.36. The van der Waals surface area contributed by atoms with Gasteiger partial charge in [-0.2, -0.15) is 0 Å². The maximum absolute atomic E-state index is 11.2. The molecule has 2 heteroatoms. The van der Waals surface area contributed by atoms with Crippen molar-refractivity contribution >= 4 is 0 Å². The van der Waals surface area contributed by atoms with Gasteiger partial charge in [-0.3, -0.25) is 0 Å².